The van der Waals surface area contributed by atoms with Gasteiger partial charge in [-0.3, -0.25) is 9.69 Å². The summed E-state index contributed by atoms with van der Waals surface area (Å²) in [5.74, 6) is 1.76. The number of carbonyl (C=O) groups excluding carboxylic acids is 1. The highest BCUT2D eigenvalue weighted by Crippen LogP contribution is 2.32. The van der Waals surface area contributed by atoms with Gasteiger partial charge in [-0.15, -0.1) is 0 Å². The molecule has 0 radical (unpaired) electrons. The van der Waals surface area contributed by atoms with E-state index in [0.717, 1.165) is 55.1 Å². The number of benzene rings is 2. The van der Waals surface area contributed by atoms with Crippen molar-refractivity contribution in [2.45, 2.75) is 31.5 Å². The smallest absolute Gasteiger partial charge is 0.254 e. The molecule has 2 atom stereocenters. The molecule has 0 spiro atoms. The second-order valence-corrected chi connectivity index (χ2v) is 8.22. The maximum Gasteiger partial charge on any atom is 0.254 e. The molecule has 1 saturated heterocycles. The number of halogens is 1. The molecule has 1 amide bonds. The minimum atomic E-state index is 0.0129. The van der Waals surface area contributed by atoms with Crippen LogP contribution in [-0.4, -0.2) is 54.1 Å². The van der Waals surface area contributed by atoms with Crippen molar-refractivity contribution in [3.63, 3.8) is 0 Å². The summed E-state index contributed by atoms with van der Waals surface area (Å²) >= 11 is 6.11. The summed E-state index contributed by atoms with van der Waals surface area (Å²) in [4.78, 5) is 17.3. The third kappa shape index (κ3) is 3.33. The maximum absolute atomic E-state index is 12.9. The first-order valence-electron chi connectivity index (χ1n) is 9.87. The molecular formula is C22H23ClN2O3. The molecule has 0 aliphatic carbocycles. The Morgan fingerprint density at radius 3 is 2.89 bits per heavy atom. The molecular weight excluding hydrogens is 376 g/mol. The summed E-state index contributed by atoms with van der Waals surface area (Å²) in [5, 5.41) is 0.688. The zero-order valence-electron chi connectivity index (χ0n) is 15.6. The van der Waals surface area contributed by atoms with E-state index in [9.17, 15) is 4.79 Å². The van der Waals surface area contributed by atoms with Gasteiger partial charge in [-0.1, -0.05) is 23.7 Å². The lowest BCUT2D eigenvalue weighted by atomic mass is 10.0. The van der Waals surface area contributed by atoms with Gasteiger partial charge in [0.05, 0.1) is 0 Å². The number of fused-ring (bicyclic) bond motifs is 2. The molecule has 2 aromatic rings. The number of ether oxygens (including phenoxy) is 2. The fourth-order valence-electron chi connectivity index (χ4n) is 4.50. The van der Waals surface area contributed by atoms with Gasteiger partial charge in [-0.25, -0.2) is 0 Å². The molecule has 3 aliphatic heterocycles. The van der Waals surface area contributed by atoms with Gasteiger partial charge in [0, 0.05) is 36.3 Å². The van der Waals surface area contributed by atoms with E-state index >= 15 is 0 Å². The van der Waals surface area contributed by atoms with Crippen molar-refractivity contribution in [1.82, 2.24) is 9.80 Å². The quantitative estimate of drug-likeness (QED) is 0.792. The summed E-state index contributed by atoms with van der Waals surface area (Å²) in [6.45, 7) is 3.92. The number of nitrogens with zero attached hydrogens (tertiary/aromatic N) is 2. The highest BCUT2D eigenvalue weighted by Gasteiger charge is 2.35. The second-order valence-electron chi connectivity index (χ2n) is 7.79. The average Bonchev–Trinajstić information content (AvgIpc) is 3.04. The summed E-state index contributed by atoms with van der Waals surface area (Å²) in [6, 6.07) is 13.6. The molecule has 0 saturated carbocycles. The zero-order valence-corrected chi connectivity index (χ0v) is 16.4. The number of carbonyl (C=O) groups is 1. The van der Waals surface area contributed by atoms with E-state index in [0.29, 0.717) is 18.2 Å². The van der Waals surface area contributed by atoms with Gasteiger partial charge in [-0.2, -0.15) is 0 Å². The van der Waals surface area contributed by atoms with Crippen LogP contribution in [0.2, 0.25) is 5.02 Å². The molecule has 3 heterocycles. The maximum atomic E-state index is 12.9. The van der Waals surface area contributed by atoms with Crippen LogP contribution >= 0.6 is 11.6 Å². The van der Waals surface area contributed by atoms with Gasteiger partial charge >= 0.3 is 0 Å². The van der Waals surface area contributed by atoms with Gasteiger partial charge in [0.2, 0.25) is 0 Å². The summed E-state index contributed by atoms with van der Waals surface area (Å²) in [7, 11) is 0. The molecule has 28 heavy (non-hydrogen) atoms. The Hall–Kier alpha value is -2.24. The van der Waals surface area contributed by atoms with Crippen molar-refractivity contribution in [2.75, 3.05) is 26.2 Å². The van der Waals surface area contributed by atoms with E-state index in [4.69, 9.17) is 21.1 Å². The van der Waals surface area contributed by atoms with Crippen LogP contribution in [-0.2, 0) is 6.54 Å². The molecule has 0 aromatic heterocycles. The molecule has 1 fully saturated rings. The van der Waals surface area contributed by atoms with Gasteiger partial charge in [0.1, 0.15) is 12.7 Å². The van der Waals surface area contributed by atoms with Crippen LogP contribution in [0.1, 0.15) is 28.8 Å². The summed E-state index contributed by atoms with van der Waals surface area (Å²) < 4.78 is 12.0. The first-order chi connectivity index (χ1) is 13.7. The minimum absolute atomic E-state index is 0.0129. The third-order valence-corrected chi connectivity index (χ3v) is 6.09. The van der Waals surface area contributed by atoms with Gasteiger partial charge < -0.3 is 14.4 Å². The number of para-hydroxylation sites is 2. The lowest BCUT2D eigenvalue weighted by molar-refractivity contribution is 0.0306. The van der Waals surface area contributed by atoms with Crippen LogP contribution in [0.5, 0.6) is 11.5 Å². The first kappa shape index (κ1) is 17.8. The van der Waals surface area contributed by atoms with Crippen molar-refractivity contribution in [2.24, 2.45) is 0 Å². The van der Waals surface area contributed by atoms with Crippen LogP contribution in [0.4, 0.5) is 0 Å². The second kappa shape index (κ2) is 7.30. The molecule has 5 rings (SSSR count). The SMILES string of the molecule is O=C1c2ccc(Cl)cc2CN1[C@H]1CCCN(C[C@H]2COc3ccccc3O2)C1. The average molecular weight is 399 g/mol. The van der Waals surface area contributed by atoms with Crippen LogP contribution < -0.4 is 9.47 Å². The van der Waals surface area contributed by atoms with E-state index in [2.05, 4.69) is 4.90 Å². The van der Waals surface area contributed by atoms with Crippen molar-refractivity contribution >= 4 is 17.5 Å². The van der Waals surface area contributed by atoms with Crippen LogP contribution in [0, 0.1) is 0 Å². The summed E-state index contributed by atoms with van der Waals surface area (Å²) in [6.07, 6.45) is 2.13. The van der Waals surface area contributed by atoms with Gasteiger partial charge in [-0.05, 0) is 55.3 Å². The largest absolute Gasteiger partial charge is 0.486 e. The number of piperidine rings is 1. The topological polar surface area (TPSA) is 42.0 Å². The molecule has 3 aliphatic rings. The molecule has 0 N–H and O–H groups in total. The predicted octanol–water partition coefficient (Wildman–Crippen LogP) is 3.60. The Kier molecular flexibility index (Phi) is 4.65. The van der Waals surface area contributed by atoms with E-state index < -0.39 is 0 Å². The standard InChI is InChI=1S/C22H23ClN2O3/c23-16-7-8-19-15(10-16)11-25(22(19)26)17-4-3-9-24(12-17)13-18-14-27-20-5-1-2-6-21(20)28-18/h1-2,5-8,10,17-18H,3-4,9,11-14H2/t17-,18-/m0/s1. The molecule has 2 aromatic carbocycles. The fourth-order valence-corrected chi connectivity index (χ4v) is 4.69. The highest BCUT2D eigenvalue weighted by molar-refractivity contribution is 6.30. The van der Waals surface area contributed by atoms with Gasteiger partial charge in [0.15, 0.2) is 11.5 Å². The van der Waals surface area contributed by atoms with Crippen LogP contribution in [0.3, 0.4) is 0 Å². The molecule has 5 nitrogen and oxygen atoms in total. The summed E-state index contributed by atoms with van der Waals surface area (Å²) in [5.41, 5.74) is 1.83. The third-order valence-electron chi connectivity index (χ3n) is 5.85. The van der Waals surface area contributed by atoms with E-state index in [-0.39, 0.29) is 18.1 Å². The molecule has 0 bridgehead atoms. The van der Waals surface area contributed by atoms with E-state index in [1.807, 2.05) is 41.3 Å². The fraction of sp³-hybridized carbons (Fsp3) is 0.409. The number of likely N-dealkylation sites (tertiary alicyclic amines) is 1. The number of hydrogen-bond acceptors (Lipinski definition) is 4. The number of hydrogen-bond donors (Lipinski definition) is 0. The molecule has 6 heteroatoms. The lowest BCUT2D eigenvalue weighted by Gasteiger charge is -2.39. The van der Waals surface area contributed by atoms with Crippen LogP contribution in [0.15, 0.2) is 42.5 Å². The number of rotatable bonds is 3. The van der Waals surface area contributed by atoms with Crippen molar-refractivity contribution in [3.8, 4) is 11.5 Å². The van der Waals surface area contributed by atoms with Gasteiger partial charge in [0.25, 0.3) is 5.91 Å². The molecule has 146 valence electrons. The van der Waals surface area contributed by atoms with Crippen LogP contribution in [0.25, 0.3) is 0 Å². The monoisotopic (exact) mass is 398 g/mol. The lowest BCUT2D eigenvalue weighted by Crippen LogP contribution is -2.51. The minimum Gasteiger partial charge on any atom is -0.486 e. The Balaban J connectivity index is 1.23. The predicted molar refractivity (Wildman–Crippen MR) is 107 cm³/mol. The Morgan fingerprint density at radius 1 is 1.14 bits per heavy atom. The molecule has 0 unspecified atom stereocenters. The number of amides is 1. The Labute approximate surface area is 169 Å². The van der Waals surface area contributed by atoms with Crippen molar-refractivity contribution < 1.29 is 14.3 Å². The van der Waals surface area contributed by atoms with Crippen molar-refractivity contribution in [3.05, 3.63) is 58.6 Å². The Morgan fingerprint density at radius 2 is 2.00 bits per heavy atom. The Bertz CT molecular complexity index is 903. The first-order valence-corrected chi connectivity index (χ1v) is 10.3. The normalized spacial score (nSPS) is 24.3. The van der Waals surface area contributed by atoms with E-state index in [1.54, 1.807) is 6.07 Å². The van der Waals surface area contributed by atoms with E-state index in [1.165, 1.54) is 0 Å². The zero-order chi connectivity index (χ0) is 19.1. The highest BCUT2D eigenvalue weighted by atomic mass is 35.5. The van der Waals surface area contributed by atoms with Crippen molar-refractivity contribution in [1.29, 1.82) is 0 Å².